The van der Waals surface area contributed by atoms with E-state index in [1.807, 2.05) is 48.5 Å². The highest BCUT2D eigenvalue weighted by atomic mass is 16.5. The number of carbonyl (C=O) groups is 2. The van der Waals surface area contributed by atoms with Crippen LogP contribution in [0.15, 0.2) is 48.5 Å². The van der Waals surface area contributed by atoms with E-state index in [4.69, 9.17) is 18.9 Å². The summed E-state index contributed by atoms with van der Waals surface area (Å²) in [6, 6.07) is 15.2. The lowest BCUT2D eigenvalue weighted by Gasteiger charge is -2.31. The van der Waals surface area contributed by atoms with E-state index in [0.29, 0.717) is 39.6 Å². The molecular formula is C36H52N2O6. The smallest absolute Gasteiger partial charge is 0.167 e. The Kier molecular flexibility index (Phi) is 14.6. The fraction of sp³-hybridized carbons (Fsp3) is 0.611. The molecule has 242 valence electrons. The summed E-state index contributed by atoms with van der Waals surface area (Å²) >= 11 is 0. The third-order valence-electron chi connectivity index (χ3n) is 8.48. The van der Waals surface area contributed by atoms with Crippen molar-refractivity contribution in [3.8, 4) is 11.5 Å². The Labute approximate surface area is 264 Å². The topological polar surface area (TPSA) is 77.5 Å². The van der Waals surface area contributed by atoms with Crippen molar-refractivity contribution in [2.24, 2.45) is 11.8 Å². The van der Waals surface area contributed by atoms with Gasteiger partial charge in [0.2, 0.25) is 0 Å². The summed E-state index contributed by atoms with van der Waals surface area (Å²) in [5, 5.41) is 0. The molecule has 0 radical (unpaired) electrons. The van der Waals surface area contributed by atoms with Gasteiger partial charge in [-0.3, -0.25) is 19.4 Å². The molecule has 0 aliphatic carbocycles. The highest BCUT2D eigenvalue weighted by molar-refractivity contribution is 5.98. The van der Waals surface area contributed by atoms with Crippen molar-refractivity contribution >= 4 is 11.6 Å². The van der Waals surface area contributed by atoms with Crippen LogP contribution in [-0.2, 0) is 9.47 Å². The Morgan fingerprint density at radius 2 is 1.00 bits per heavy atom. The molecule has 2 saturated heterocycles. The van der Waals surface area contributed by atoms with Gasteiger partial charge < -0.3 is 18.9 Å². The molecule has 0 amide bonds. The van der Waals surface area contributed by atoms with Gasteiger partial charge in [-0.05, 0) is 74.2 Å². The number of rotatable bonds is 19. The predicted molar refractivity (Wildman–Crippen MR) is 173 cm³/mol. The molecule has 8 heteroatoms. The van der Waals surface area contributed by atoms with Gasteiger partial charge in [-0.25, -0.2) is 0 Å². The monoisotopic (exact) mass is 608 g/mol. The molecule has 2 aliphatic rings. The quantitative estimate of drug-likeness (QED) is 0.147. The summed E-state index contributed by atoms with van der Waals surface area (Å²) in [4.78, 5) is 32.2. The first-order valence-electron chi connectivity index (χ1n) is 16.7. The van der Waals surface area contributed by atoms with E-state index >= 15 is 0 Å². The van der Waals surface area contributed by atoms with Crippen LogP contribution in [0.25, 0.3) is 0 Å². The highest BCUT2D eigenvalue weighted by Crippen LogP contribution is 2.24. The number of benzene rings is 2. The fourth-order valence-corrected chi connectivity index (χ4v) is 5.92. The molecule has 0 saturated carbocycles. The third-order valence-corrected chi connectivity index (χ3v) is 8.48. The number of morpholine rings is 2. The fourth-order valence-electron chi connectivity index (χ4n) is 5.92. The van der Waals surface area contributed by atoms with Crippen molar-refractivity contribution in [2.45, 2.75) is 52.4 Å². The minimum Gasteiger partial charge on any atom is -0.494 e. The molecule has 0 N–H and O–H groups in total. The zero-order chi connectivity index (χ0) is 31.0. The van der Waals surface area contributed by atoms with Gasteiger partial charge in [-0.1, -0.05) is 26.7 Å². The van der Waals surface area contributed by atoms with E-state index in [1.54, 1.807) is 0 Å². The maximum absolute atomic E-state index is 13.7. The maximum Gasteiger partial charge on any atom is 0.167 e. The number of ether oxygens (including phenoxy) is 4. The lowest BCUT2D eigenvalue weighted by Crippen LogP contribution is -2.41. The van der Waals surface area contributed by atoms with Gasteiger partial charge >= 0.3 is 0 Å². The number of hydrogen-bond donors (Lipinski definition) is 0. The number of unbranched alkanes of at least 4 members (excludes halogenated alkanes) is 1. The lowest BCUT2D eigenvalue weighted by molar-refractivity contribution is 0.0283. The molecule has 2 aliphatic heterocycles. The van der Waals surface area contributed by atoms with Crippen LogP contribution in [0.3, 0.4) is 0 Å². The van der Waals surface area contributed by atoms with Crippen molar-refractivity contribution in [1.29, 1.82) is 0 Å². The van der Waals surface area contributed by atoms with Crippen molar-refractivity contribution < 1.29 is 28.5 Å². The van der Waals surface area contributed by atoms with Crippen LogP contribution in [0.5, 0.6) is 11.5 Å². The number of nitrogens with zero attached hydrogens (tertiary/aromatic N) is 2. The molecule has 0 spiro atoms. The second-order valence-electron chi connectivity index (χ2n) is 12.0. The van der Waals surface area contributed by atoms with Gasteiger partial charge in [-0.15, -0.1) is 0 Å². The Bertz CT molecular complexity index is 1020. The van der Waals surface area contributed by atoms with Gasteiger partial charge in [0.15, 0.2) is 11.6 Å². The van der Waals surface area contributed by atoms with E-state index in [2.05, 4.69) is 23.6 Å². The first kappa shape index (κ1) is 34.1. The average Bonchev–Trinajstić information content (AvgIpc) is 3.08. The Hall–Kier alpha value is -2.78. The van der Waals surface area contributed by atoms with E-state index in [1.165, 1.54) is 0 Å². The normalized spacial score (nSPS) is 17.6. The largest absolute Gasteiger partial charge is 0.494 e. The molecule has 2 aromatic rings. The van der Waals surface area contributed by atoms with Gasteiger partial charge in [0.25, 0.3) is 0 Å². The van der Waals surface area contributed by atoms with Crippen molar-refractivity contribution in [1.82, 2.24) is 9.80 Å². The second-order valence-corrected chi connectivity index (χ2v) is 12.0. The number of hydrogen-bond acceptors (Lipinski definition) is 8. The summed E-state index contributed by atoms with van der Waals surface area (Å²) in [7, 11) is 0. The molecule has 0 aromatic heterocycles. The molecule has 0 unspecified atom stereocenters. The number of ketones is 2. The number of Topliss-reactive ketones (excluding diaryl/α,β-unsaturated/α-hetero) is 2. The van der Waals surface area contributed by atoms with E-state index in [-0.39, 0.29) is 23.4 Å². The first-order chi connectivity index (χ1) is 21.6. The molecule has 2 heterocycles. The van der Waals surface area contributed by atoms with Gasteiger partial charge in [0, 0.05) is 62.2 Å². The second kappa shape index (κ2) is 18.9. The zero-order valence-electron chi connectivity index (χ0n) is 26.8. The Morgan fingerprint density at radius 3 is 1.34 bits per heavy atom. The SMILES string of the molecule is CCCOc1ccc(C(=O)[C@H](CCCC[C@H](CN2CCOCC2)C(=O)c2ccc(OCCC)cc2)CN2CCOCC2)cc1. The van der Waals surface area contributed by atoms with Crippen LogP contribution >= 0.6 is 0 Å². The van der Waals surface area contributed by atoms with Crippen LogP contribution < -0.4 is 9.47 Å². The molecule has 4 rings (SSSR count). The molecule has 2 aromatic carbocycles. The van der Waals surface area contributed by atoms with Gasteiger partial charge in [0.05, 0.1) is 39.6 Å². The van der Waals surface area contributed by atoms with E-state index in [0.717, 1.165) is 100 Å². The van der Waals surface area contributed by atoms with Crippen molar-refractivity contribution in [2.75, 3.05) is 78.9 Å². The summed E-state index contributed by atoms with van der Waals surface area (Å²) < 4.78 is 22.5. The maximum atomic E-state index is 13.7. The Morgan fingerprint density at radius 1 is 0.636 bits per heavy atom. The van der Waals surface area contributed by atoms with Crippen LogP contribution in [0.2, 0.25) is 0 Å². The highest BCUT2D eigenvalue weighted by Gasteiger charge is 2.26. The summed E-state index contributed by atoms with van der Waals surface area (Å²) in [5.74, 6) is 1.77. The van der Waals surface area contributed by atoms with E-state index < -0.39 is 0 Å². The molecule has 44 heavy (non-hydrogen) atoms. The minimum absolute atomic E-state index is 0.0976. The van der Waals surface area contributed by atoms with E-state index in [9.17, 15) is 9.59 Å². The predicted octanol–water partition coefficient (Wildman–Crippen LogP) is 5.79. The molecule has 8 nitrogen and oxygen atoms in total. The van der Waals surface area contributed by atoms with Gasteiger partial charge in [0.1, 0.15) is 11.5 Å². The van der Waals surface area contributed by atoms with Crippen LogP contribution in [0, 0.1) is 11.8 Å². The third kappa shape index (κ3) is 11.0. The van der Waals surface area contributed by atoms with Crippen LogP contribution in [0.1, 0.15) is 73.1 Å². The average molecular weight is 609 g/mol. The Balaban J connectivity index is 1.38. The van der Waals surface area contributed by atoms with Crippen LogP contribution in [0.4, 0.5) is 0 Å². The van der Waals surface area contributed by atoms with Crippen LogP contribution in [-0.4, -0.2) is 100 Å². The first-order valence-corrected chi connectivity index (χ1v) is 16.7. The summed E-state index contributed by atoms with van der Waals surface area (Å²) in [6.45, 7) is 13.2. The minimum atomic E-state index is -0.0976. The molecule has 2 fully saturated rings. The zero-order valence-corrected chi connectivity index (χ0v) is 26.8. The van der Waals surface area contributed by atoms with Gasteiger partial charge in [-0.2, -0.15) is 0 Å². The summed E-state index contributed by atoms with van der Waals surface area (Å²) in [5.41, 5.74) is 1.47. The summed E-state index contributed by atoms with van der Waals surface area (Å²) in [6.07, 6.45) is 5.28. The number of carbonyl (C=O) groups excluding carboxylic acids is 2. The molecule has 2 atom stereocenters. The molecule has 0 bridgehead atoms. The van der Waals surface area contributed by atoms with Crippen molar-refractivity contribution in [3.05, 3.63) is 59.7 Å². The standard InChI is InChI=1S/C36H52N2O6/c1-3-21-43-33-13-9-29(10-14-33)35(39)31(27-37-17-23-41-24-18-37)7-5-6-8-32(28-38-19-25-42-26-20-38)36(40)30-11-15-34(16-12-30)44-22-4-2/h9-16,31-32H,3-8,17-28H2,1-2H3/t31-,32-/m1/s1. The lowest BCUT2D eigenvalue weighted by atomic mass is 9.88. The van der Waals surface area contributed by atoms with Crippen molar-refractivity contribution in [3.63, 3.8) is 0 Å². The molecular weight excluding hydrogens is 556 g/mol.